The lowest BCUT2D eigenvalue weighted by molar-refractivity contribution is 0.391. The minimum Gasteiger partial charge on any atom is -0.152 e. The molecule has 3 heterocycles. The van der Waals surface area contributed by atoms with Crippen LogP contribution >= 0.6 is 58.0 Å². The Morgan fingerprint density at radius 1 is 0.645 bits per heavy atom. The zero-order valence-electron chi connectivity index (χ0n) is 18.8. The van der Waals surface area contributed by atoms with Gasteiger partial charge in [-0.25, -0.2) is 0 Å². The van der Waals surface area contributed by atoms with Gasteiger partial charge in [-0.1, -0.05) is 26.0 Å². The summed E-state index contributed by atoms with van der Waals surface area (Å²) in [7, 11) is 0. The first-order valence-electron chi connectivity index (χ1n) is 12.2. The summed E-state index contributed by atoms with van der Waals surface area (Å²) in [5.41, 5.74) is 0. The molecule has 2 aromatic heterocycles. The van der Waals surface area contributed by atoms with Gasteiger partial charge < -0.3 is 0 Å². The summed E-state index contributed by atoms with van der Waals surface area (Å²) >= 11 is 11.1. The maximum Gasteiger partial charge on any atom is 0.0528 e. The fourth-order valence-corrected chi connectivity index (χ4v) is 13.8. The smallest absolute Gasteiger partial charge is 0.0528 e. The second-order valence-corrected chi connectivity index (χ2v) is 16.2. The number of rotatable bonds is 6. The van der Waals surface area contributed by atoms with Crippen molar-refractivity contribution in [2.45, 2.75) is 96.7 Å². The molecular formula is C26H36S5. The van der Waals surface area contributed by atoms with Crippen molar-refractivity contribution in [1.29, 1.82) is 0 Å². The molecule has 0 radical (unpaired) electrons. The highest BCUT2D eigenvalue weighted by molar-refractivity contribution is 8.08. The third kappa shape index (κ3) is 5.58. The molecule has 31 heavy (non-hydrogen) atoms. The first kappa shape index (κ1) is 23.2. The molecule has 170 valence electrons. The highest BCUT2D eigenvalue weighted by Crippen LogP contribution is 2.63. The fraction of sp³-hybridized carbons (Fsp3) is 0.692. The Balaban J connectivity index is 1.40. The van der Waals surface area contributed by atoms with Gasteiger partial charge in [0, 0.05) is 30.8 Å². The Bertz CT molecular complexity index is 703. The van der Waals surface area contributed by atoms with Crippen LogP contribution in [0.5, 0.6) is 0 Å². The average molecular weight is 509 g/mol. The van der Waals surface area contributed by atoms with Crippen LogP contribution in [-0.4, -0.2) is 21.0 Å². The molecule has 4 atom stereocenters. The molecule has 1 saturated heterocycles. The van der Waals surface area contributed by atoms with E-state index >= 15 is 0 Å². The zero-order chi connectivity index (χ0) is 21.2. The molecule has 0 spiro atoms. The lowest BCUT2D eigenvalue weighted by atomic mass is 9.91. The van der Waals surface area contributed by atoms with E-state index < -0.39 is 0 Å². The summed E-state index contributed by atoms with van der Waals surface area (Å²) in [6.07, 6.45) is 11.5. The summed E-state index contributed by atoms with van der Waals surface area (Å²) in [4.78, 5) is 3.24. The molecule has 0 N–H and O–H groups in total. The SMILES string of the molecule is CC1CCC(SC2C(c3cccs3)SC(c3cccs3)C2SC2CCC(C)CC2)CC1. The molecule has 5 heteroatoms. The van der Waals surface area contributed by atoms with Crippen molar-refractivity contribution >= 4 is 58.0 Å². The lowest BCUT2D eigenvalue weighted by Crippen LogP contribution is -2.29. The molecular weight excluding hydrogens is 473 g/mol. The number of hydrogen-bond donors (Lipinski definition) is 0. The van der Waals surface area contributed by atoms with Crippen molar-refractivity contribution in [1.82, 2.24) is 0 Å². The molecule has 2 saturated carbocycles. The highest BCUT2D eigenvalue weighted by Gasteiger charge is 2.48. The van der Waals surface area contributed by atoms with Gasteiger partial charge in [-0.2, -0.15) is 23.5 Å². The molecule has 0 bridgehead atoms. The van der Waals surface area contributed by atoms with Crippen LogP contribution in [-0.2, 0) is 0 Å². The molecule has 5 rings (SSSR count). The predicted molar refractivity (Wildman–Crippen MR) is 147 cm³/mol. The quantitative estimate of drug-likeness (QED) is 0.381. The van der Waals surface area contributed by atoms with Crippen LogP contribution in [0.25, 0.3) is 0 Å². The summed E-state index contributed by atoms with van der Waals surface area (Å²) < 4.78 is 0. The Morgan fingerprint density at radius 2 is 1.06 bits per heavy atom. The maximum absolute atomic E-state index is 2.45. The molecule has 1 aliphatic heterocycles. The number of thioether (sulfide) groups is 3. The molecule has 3 aliphatic rings. The first-order valence-corrected chi connectivity index (χ1v) is 16.8. The van der Waals surface area contributed by atoms with Crippen molar-refractivity contribution in [3.05, 3.63) is 44.8 Å². The van der Waals surface area contributed by atoms with Gasteiger partial charge in [0.2, 0.25) is 0 Å². The van der Waals surface area contributed by atoms with Crippen molar-refractivity contribution in [2.75, 3.05) is 0 Å². The van der Waals surface area contributed by atoms with E-state index in [0.717, 1.165) is 32.8 Å². The minimum absolute atomic E-state index is 0.663. The van der Waals surface area contributed by atoms with Crippen LogP contribution in [0.2, 0.25) is 0 Å². The summed E-state index contributed by atoms with van der Waals surface area (Å²) in [5, 5.41) is 9.16. The Hall–Kier alpha value is 0.450. The summed E-state index contributed by atoms with van der Waals surface area (Å²) in [6.45, 7) is 4.91. The van der Waals surface area contributed by atoms with Gasteiger partial charge in [-0.15, -0.1) is 34.4 Å². The van der Waals surface area contributed by atoms with Gasteiger partial charge in [0.15, 0.2) is 0 Å². The molecule has 0 aromatic carbocycles. The number of thiophene rings is 2. The average Bonchev–Trinajstić information content (AvgIpc) is 3.53. The largest absolute Gasteiger partial charge is 0.152 e. The van der Waals surface area contributed by atoms with Gasteiger partial charge in [-0.05, 0) is 86.1 Å². The Morgan fingerprint density at radius 3 is 1.42 bits per heavy atom. The zero-order valence-corrected chi connectivity index (χ0v) is 22.9. The Labute approximate surface area is 210 Å². The number of hydrogen-bond acceptors (Lipinski definition) is 5. The molecule has 0 amide bonds. The molecule has 4 unspecified atom stereocenters. The van der Waals surface area contributed by atoms with Gasteiger partial charge in [-0.3, -0.25) is 0 Å². The minimum atomic E-state index is 0.663. The van der Waals surface area contributed by atoms with E-state index in [2.05, 4.69) is 84.2 Å². The van der Waals surface area contributed by atoms with E-state index in [1.165, 1.54) is 51.4 Å². The van der Waals surface area contributed by atoms with Crippen LogP contribution in [0.4, 0.5) is 0 Å². The second-order valence-electron chi connectivity index (χ2n) is 9.97. The van der Waals surface area contributed by atoms with E-state index in [4.69, 9.17) is 0 Å². The van der Waals surface area contributed by atoms with Crippen molar-refractivity contribution in [3.63, 3.8) is 0 Å². The highest BCUT2D eigenvalue weighted by atomic mass is 32.2. The molecule has 0 nitrogen and oxygen atoms in total. The van der Waals surface area contributed by atoms with E-state index in [1.54, 1.807) is 9.75 Å². The van der Waals surface area contributed by atoms with Crippen LogP contribution in [0.1, 0.15) is 85.5 Å². The van der Waals surface area contributed by atoms with Crippen molar-refractivity contribution in [2.24, 2.45) is 11.8 Å². The van der Waals surface area contributed by atoms with Crippen molar-refractivity contribution < 1.29 is 0 Å². The van der Waals surface area contributed by atoms with Crippen LogP contribution in [0.15, 0.2) is 35.0 Å². The van der Waals surface area contributed by atoms with E-state index in [0.29, 0.717) is 10.5 Å². The summed E-state index contributed by atoms with van der Waals surface area (Å²) in [5.74, 6) is 1.88. The van der Waals surface area contributed by atoms with E-state index in [9.17, 15) is 0 Å². The third-order valence-corrected chi connectivity index (χ3v) is 15.4. The van der Waals surface area contributed by atoms with Gasteiger partial charge in [0.25, 0.3) is 0 Å². The standard InChI is InChI=1S/C26H36S5/c1-17-7-11-19(12-8-17)29-25-23(21-5-3-15-27-21)31-24(22-6-4-16-28-22)26(25)30-20-13-9-18(2)10-14-20/h3-6,15-20,23-26H,7-14H2,1-2H3. The van der Waals surface area contributed by atoms with Crippen LogP contribution in [0.3, 0.4) is 0 Å². The van der Waals surface area contributed by atoms with Crippen LogP contribution in [0, 0.1) is 11.8 Å². The summed E-state index contributed by atoms with van der Waals surface area (Å²) in [6, 6.07) is 9.38. The third-order valence-electron chi connectivity index (χ3n) is 7.49. The van der Waals surface area contributed by atoms with Gasteiger partial charge in [0.1, 0.15) is 0 Å². The lowest BCUT2D eigenvalue weighted by Gasteiger charge is -2.35. The second kappa shape index (κ2) is 10.8. The maximum atomic E-state index is 2.45. The normalized spacial score (nSPS) is 39.0. The monoisotopic (exact) mass is 508 g/mol. The first-order chi connectivity index (χ1) is 15.2. The molecule has 2 aromatic rings. The van der Waals surface area contributed by atoms with Gasteiger partial charge >= 0.3 is 0 Å². The molecule has 3 fully saturated rings. The topological polar surface area (TPSA) is 0 Å². The predicted octanol–water partition coefficient (Wildman–Crippen LogP) is 9.70. The van der Waals surface area contributed by atoms with Crippen LogP contribution < -0.4 is 0 Å². The fourth-order valence-electron chi connectivity index (χ4n) is 5.49. The van der Waals surface area contributed by atoms with E-state index in [-0.39, 0.29) is 0 Å². The van der Waals surface area contributed by atoms with Crippen molar-refractivity contribution in [3.8, 4) is 0 Å². The molecule has 2 aliphatic carbocycles. The Kier molecular flexibility index (Phi) is 8.08. The van der Waals surface area contributed by atoms with E-state index in [1.807, 2.05) is 22.7 Å². The van der Waals surface area contributed by atoms with Gasteiger partial charge in [0.05, 0.1) is 10.5 Å².